The first-order valence-corrected chi connectivity index (χ1v) is 8.11. The SMILES string of the molecule is CC1CCN(C(=O)c2cc(Nc3ccc(F)c(F)c3F)ccn2)CC1. The second-order valence-corrected chi connectivity index (χ2v) is 6.25. The molecular weight excluding hydrogens is 331 g/mol. The Morgan fingerprint density at radius 1 is 1.16 bits per heavy atom. The summed E-state index contributed by atoms with van der Waals surface area (Å²) in [6.45, 7) is 3.51. The van der Waals surface area contributed by atoms with Crippen molar-refractivity contribution >= 4 is 17.3 Å². The van der Waals surface area contributed by atoms with Crippen LogP contribution >= 0.6 is 0 Å². The van der Waals surface area contributed by atoms with E-state index in [2.05, 4.69) is 17.2 Å². The van der Waals surface area contributed by atoms with E-state index in [0.717, 1.165) is 25.0 Å². The van der Waals surface area contributed by atoms with E-state index in [4.69, 9.17) is 0 Å². The van der Waals surface area contributed by atoms with Gasteiger partial charge in [-0.3, -0.25) is 9.78 Å². The molecule has 1 aliphatic heterocycles. The number of rotatable bonds is 3. The van der Waals surface area contributed by atoms with Crippen LogP contribution in [0, 0.1) is 23.4 Å². The van der Waals surface area contributed by atoms with Crippen LogP contribution < -0.4 is 5.32 Å². The summed E-state index contributed by atoms with van der Waals surface area (Å²) < 4.78 is 40.1. The number of benzene rings is 1. The highest BCUT2D eigenvalue weighted by Crippen LogP contribution is 2.24. The molecule has 1 aliphatic rings. The Morgan fingerprint density at radius 3 is 2.60 bits per heavy atom. The maximum Gasteiger partial charge on any atom is 0.272 e. The molecule has 1 N–H and O–H groups in total. The molecule has 1 aromatic heterocycles. The Hall–Kier alpha value is -2.57. The maximum absolute atomic E-state index is 13.8. The van der Waals surface area contributed by atoms with Crippen LogP contribution in [-0.2, 0) is 0 Å². The van der Waals surface area contributed by atoms with Gasteiger partial charge < -0.3 is 10.2 Å². The number of anilines is 2. The number of carbonyl (C=O) groups is 1. The van der Waals surface area contributed by atoms with Crippen molar-refractivity contribution in [3.63, 3.8) is 0 Å². The van der Waals surface area contributed by atoms with Crippen LogP contribution in [0.1, 0.15) is 30.3 Å². The van der Waals surface area contributed by atoms with Crippen molar-refractivity contribution in [1.82, 2.24) is 9.88 Å². The second kappa shape index (κ2) is 7.13. The number of piperidine rings is 1. The van der Waals surface area contributed by atoms with Gasteiger partial charge in [-0.05, 0) is 43.0 Å². The summed E-state index contributed by atoms with van der Waals surface area (Å²) in [5, 5.41) is 2.65. The molecule has 0 saturated carbocycles. The van der Waals surface area contributed by atoms with Gasteiger partial charge in [-0.2, -0.15) is 0 Å². The molecule has 2 heterocycles. The standard InChI is InChI=1S/C18H18F3N3O/c1-11-5-8-24(9-6-11)18(25)15-10-12(4-7-22-15)23-14-3-2-13(19)16(20)17(14)21/h2-4,7,10-11H,5-6,8-9H2,1H3,(H,22,23). The number of nitrogens with zero attached hydrogens (tertiary/aromatic N) is 2. The summed E-state index contributed by atoms with van der Waals surface area (Å²) in [7, 11) is 0. The number of nitrogens with one attached hydrogen (secondary N) is 1. The van der Waals surface area contributed by atoms with Crippen LogP contribution in [0.15, 0.2) is 30.5 Å². The number of amides is 1. The number of likely N-dealkylation sites (tertiary alicyclic amines) is 1. The zero-order valence-electron chi connectivity index (χ0n) is 13.7. The van der Waals surface area contributed by atoms with Gasteiger partial charge in [0, 0.05) is 25.0 Å². The molecule has 0 spiro atoms. The molecule has 2 aromatic rings. The van der Waals surface area contributed by atoms with Crippen molar-refractivity contribution < 1.29 is 18.0 Å². The fraction of sp³-hybridized carbons (Fsp3) is 0.333. The van der Waals surface area contributed by atoms with Crippen molar-refractivity contribution in [2.75, 3.05) is 18.4 Å². The molecule has 4 nitrogen and oxygen atoms in total. The van der Waals surface area contributed by atoms with Crippen molar-refractivity contribution in [1.29, 1.82) is 0 Å². The lowest BCUT2D eigenvalue weighted by Gasteiger charge is -2.30. The van der Waals surface area contributed by atoms with Crippen molar-refractivity contribution in [3.8, 4) is 0 Å². The Morgan fingerprint density at radius 2 is 1.88 bits per heavy atom. The topological polar surface area (TPSA) is 45.2 Å². The molecule has 1 amide bonds. The predicted molar refractivity (Wildman–Crippen MR) is 88.1 cm³/mol. The van der Waals surface area contributed by atoms with E-state index in [1.807, 2.05) is 0 Å². The first-order valence-electron chi connectivity index (χ1n) is 8.11. The smallest absolute Gasteiger partial charge is 0.272 e. The maximum atomic E-state index is 13.8. The fourth-order valence-corrected chi connectivity index (χ4v) is 2.78. The molecule has 1 saturated heterocycles. The summed E-state index contributed by atoms with van der Waals surface area (Å²) >= 11 is 0. The second-order valence-electron chi connectivity index (χ2n) is 6.25. The largest absolute Gasteiger partial charge is 0.353 e. The molecule has 0 aliphatic carbocycles. The van der Waals surface area contributed by atoms with Crippen molar-refractivity contribution in [3.05, 3.63) is 53.6 Å². The summed E-state index contributed by atoms with van der Waals surface area (Å²) in [5.74, 6) is -3.71. The highest BCUT2D eigenvalue weighted by Gasteiger charge is 2.22. The molecule has 132 valence electrons. The Bertz CT molecular complexity index is 789. The Balaban J connectivity index is 1.78. The zero-order valence-corrected chi connectivity index (χ0v) is 13.7. The molecule has 0 unspecified atom stereocenters. The van der Waals surface area contributed by atoms with E-state index in [9.17, 15) is 18.0 Å². The summed E-state index contributed by atoms with van der Waals surface area (Å²) in [6.07, 6.45) is 3.31. The predicted octanol–water partition coefficient (Wildman–Crippen LogP) is 4.11. The molecule has 0 radical (unpaired) electrons. The number of pyridine rings is 1. The Labute approximate surface area is 143 Å². The summed E-state index contributed by atoms with van der Waals surface area (Å²) in [6, 6.07) is 4.93. The minimum Gasteiger partial charge on any atom is -0.353 e. The average Bonchev–Trinajstić information content (AvgIpc) is 2.62. The molecular formula is C18H18F3N3O. The van der Waals surface area contributed by atoms with Crippen LogP contribution in [0.5, 0.6) is 0 Å². The first-order chi connectivity index (χ1) is 12.0. The van der Waals surface area contributed by atoms with E-state index in [1.165, 1.54) is 18.3 Å². The quantitative estimate of drug-likeness (QED) is 0.848. The lowest BCUT2D eigenvalue weighted by atomic mass is 9.99. The first kappa shape index (κ1) is 17.3. The molecule has 0 bridgehead atoms. The van der Waals surface area contributed by atoms with Crippen LogP contribution in [0.2, 0.25) is 0 Å². The van der Waals surface area contributed by atoms with Gasteiger partial charge in [0.1, 0.15) is 5.69 Å². The Kier molecular flexibility index (Phi) is 4.92. The third kappa shape index (κ3) is 3.75. The molecule has 1 fully saturated rings. The number of hydrogen-bond acceptors (Lipinski definition) is 3. The zero-order chi connectivity index (χ0) is 18.0. The summed E-state index contributed by atoms with van der Waals surface area (Å²) in [4.78, 5) is 18.3. The van der Waals surface area contributed by atoms with Crippen LogP contribution in [0.25, 0.3) is 0 Å². The monoisotopic (exact) mass is 349 g/mol. The molecule has 0 atom stereocenters. The van der Waals surface area contributed by atoms with Crippen LogP contribution in [0.4, 0.5) is 24.5 Å². The van der Waals surface area contributed by atoms with E-state index >= 15 is 0 Å². The van der Waals surface area contributed by atoms with Crippen molar-refractivity contribution in [2.24, 2.45) is 5.92 Å². The van der Waals surface area contributed by atoms with Gasteiger partial charge in [-0.1, -0.05) is 6.92 Å². The molecule has 25 heavy (non-hydrogen) atoms. The number of aromatic nitrogens is 1. The van der Waals surface area contributed by atoms with E-state index in [1.54, 1.807) is 4.90 Å². The highest BCUT2D eigenvalue weighted by molar-refractivity contribution is 5.93. The van der Waals surface area contributed by atoms with Crippen LogP contribution in [-0.4, -0.2) is 28.9 Å². The van der Waals surface area contributed by atoms with Gasteiger partial charge >= 0.3 is 0 Å². The summed E-state index contributed by atoms with van der Waals surface area (Å²) in [5.41, 5.74) is 0.381. The third-order valence-corrected chi connectivity index (χ3v) is 4.36. The minimum atomic E-state index is -1.54. The highest BCUT2D eigenvalue weighted by atomic mass is 19.2. The van der Waals surface area contributed by atoms with Gasteiger partial charge in [0.05, 0.1) is 5.69 Å². The third-order valence-electron chi connectivity index (χ3n) is 4.36. The number of hydrogen-bond donors (Lipinski definition) is 1. The van der Waals surface area contributed by atoms with E-state index in [-0.39, 0.29) is 17.3 Å². The van der Waals surface area contributed by atoms with Gasteiger partial charge in [0.15, 0.2) is 17.5 Å². The van der Waals surface area contributed by atoms with Gasteiger partial charge in [0.25, 0.3) is 5.91 Å². The number of halogens is 3. The van der Waals surface area contributed by atoms with Gasteiger partial charge in [0.2, 0.25) is 0 Å². The average molecular weight is 349 g/mol. The normalized spacial score (nSPS) is 15.3. The minimum absolute atomic E-state index is 0.193. The van der Waals surface area contributed by atoms with Crippen LogP contribution in [0.3, 0.4) is 0 Å². The molecule has 3 rings (SSSR count). The fourth-order valence-electron chi connectivity index (χ4n) is 2.78. The lowest BCUT2D eigenvalue weighted by molar-refractivity contribution is 0.0691. The molecule has 1 aromatic carbocycles. The van der Waals surface area contributed by atoms with Crippen molar-refractivity contribution in [2.45, 2.75) is 19.8 Å². The lowest BCUT2D eigenvalue weighted by Crippen LogP contribution is -2.38. The van der Waals surface area contributed by atoms with Gasteiger partial charge in [-0.15, -0.1) is 0 Å². The molecule has 7 heteroatoms. The van der Waals surface area contributed by atoms with E-state index in [0.29, 0.717) is 24.7 Å². The van der Waals surface area contributed by atoms with E-state index < -0.39 is 17.5 Å². The number of carbonyl (C=O) groups excluding carboxylic acids is 1. The van der Waals surface area contributed by atoms with Gasteiger partial charge in [-0.25, -0.2) is 13.2 Å².